The smallest absolute Gasteiger partial charge is 0.227 e. The second-order valence-corrected chi connectivity index (χ2v) is 16.4. The summed E-state index contributed by atoms with van der Waals surface area (Å²) >= 11 is 0. The molecule has 12 rings (SSSR count). The molecule has 1 aliphatic carbocycles. The maximum atomic E-state index is 6.46. The number of hydrogen-bond donors (Lipinski definition) is 0. The zero-order valence-corrected chi connectivity index (χ0v) is 33.3. The molecular formula is C56H39N3O. The number of nitrogens with zero attached hydrogens (tertiary/aromatic N) is 3. The summed E-state index contributed by atoms with van der Waals surface area (Å²) in [5.74, 6) is 0.624. The van der Waals surface area contributed by atoms with Crippen molar-refractivity contribution < 1.29 is 4.42 Å². The van der Waals surface area contributed by atoms with E-state index in [-0.39, 0.29) is 5.41 Å². The number of aromatic nitrogens is 2. The number of anilines is 3. The molecule has 0 unspecified atom stereocenters. The van der Waals surface area contributed by atoms with Gasteiger partial charge in [0.15, 0.2) is 5.58 Å². The molecule has 0 spiro atoms. The number of benzene rings is 9. The molecule has 4 heteroatoms. The average Bonchev–Trinajstić information content (AvgIpc) is 3.96. The number of fused-ring (bicyclic) bond motifs is 9. The van der Waals surface area contributed by atoms with Gasteiger partial charge < -0.3 is 13.9 Å². The maximum Gasteiger partial charge on any atom is 0.227 e. The van der Waals surface area contributed by atoms with E-state index >= 15 is 0 Å². The summed E-state index contributed by atoms with van der Waals surface area (Å²) in [7, 11) is 0. The van der Waals surface area contributed by atoms with Gasteiger partial charge in [0.05, 0.1) is 11.0 Å². The van der Waals surface area contributed by atoms with Crippen molar-refractivity contribution in [3.05, 3.63) is 211 Å². The van der Waals surface area contributed by atoms with Gasteiger partial charge in [-0.3, -0.25) is 0 Å². The van der Waals surface area contributed by atoms with Crippen LogP contribution in [-0.2, 0) is 5.41 Å². The van der Waals surface area contributed by atoms with E-state index in [1.807, 2.05) is 36.4 Å². The molecule has 1 aliphatic rings. The van der Waals surface area contributed by atoms with Crippen LogP contribution in [-0.4, -0.2) is 9.55 Å². The highest BCUT2D eigenvalue weighted by molar-refractivity contribution is 6.19. The van der Waals surface area contributed by atoms with Crippen LogP contribution in [0.1, 0.15) is 25.0 Å². The fraction of sp³-hybridized carbons (Fsp3) is 0.0536. The second kappa shape index (κ2) is 13.2. The Balaban J connectivity index is 1.06. The van der Waals surface area contributed by atoms with Gasteiger partial charge in [-0.2, -0.15) is 0 Å². The molecule has 4 nitrogen and oxygen atoms in total. The van der Waals surface area contributed by atoms with Crippen LogP contribution in [0.2, 0.25) is 0 Å². The zero-order chi connectivity index (χ0) is 40.0. The molecule has 0 atom stereocenters. The third-order valence-electron chi connectivity index (χ3n) is 12.6. The molecule has 0 saturated heterocycles. The summed E-state index contributed by atoms with van der Waals surface area (Å²) in [4.78, 5) is 7.27. The molecule has 0 aliphatic heterocycles. The largest absolute Gasteiger partial charge is 0.435 e. The number of oxazole rings is 1. The van der Waals surface area contributed by atoms with Gasteiger partial charge >= 0.3 is 0 Å². The predicted molar refractivity (Wildman–Crippen MR) is 249 cm³/mol. The number of rotatable bonds is 6. The first kappa shape index (κ1) is 34.4. The first-order chi connectivity index (χ1) is 29.5. The Labute approximate surface area is 348 Å². The average molecular weight is 770 g/mol. The van der Waals surface area contributed by atoms with Gasteiger partial charge in [-0.25, -0.2) is 4.98 Å². The van der Waals surface area contributed by atoms with Crippen molar-refractivity contribution in [3.8, 4) is 39.4 Å². The van der Waals surface area contributed by atoms with Gasteiger partial charge in [0.25, 0.3) is 0 Å². The molecule has 284 valence electrons. The van der Waals surface area contributed by atoms with Gasteiger partial charge in [-0.1, -0.05) is 147 Å². The van der Waals surface area contributed by atoms with E-state index in [9.17, 15) is 0 Å². The van der Waals surface area contributed by atoms with E-state index < -0.39 is 0 Å². The van der Waals surface area contributed by atoms with E-state index in [0.29, 0.717) is 5.89 Å². The van der Waals surface area contributed by atoms with Gasteiger partial charge in [-0.15, -0.1) is 0 Å². The van der Waals surface area contributed by atoms with E-state index in [0.717, 1.165) is 56.1 Å². The molecule has 2 aromatic heterocycles. The summed E-state index contributed by atoms with van der Waals surface area (Å²) in [6.45, 7) is 4.70. The molecule has 0 fully saturated rings. The summed E-state index contributed by atoms with van der Waals surface area (Å²) in [6.07, 6.45) is 0. The first-order valence-electron chi connectivity index (χ1n) is 20.6. The monoisotopic (exact) mass is 769 g/mol. The van der Waals surface area contributed by atoms with Crippen molar-refractivity contribution in [3.63, 3.8) is 0 Å². The van der Waals surface area contributed by atoms with Crippen molar-refractivity contribution in [1.82, 2.24) is 9.55 Å². The summed E-state index contributed by atoms with van der Waals surface area (Å²) in [6, 6.07) is 72.0. The van der Waals surface area contributed by atoms with Crippen LogP contribution in [0.3, 0.4) is 0 Å². The molecular weight excluding hydrogens is 731 g/mol. The van der Waals surface area contributed by atoms with E-state index in [1.165, 1.54) is 49.3 Å². The van der Waals surface area contributed by atoms with Crippen LogP contribution in [0.5, 0.6) is 0 Å². The molecule has 2 heterocycles. The number of para-hydroxylation sites is 2. The Morgan fingerprint density at radius 3 is 2.00 bits per heavy atom. The predicted octanol–water partition coefficient (Wildman–Crippen LogP) is 15.2. The Hall–Kier alpha value is -7.69. The van der Waals surface area contributed by atoms with Crippen LogP contribution in [0.15, 0.2) is 205 Å². The fourth-order valence-corrected chi connectivity index (χ4v) is 9.70. The van der Waals surface area contributed by atoms with Crippen LogP contribution in [0.25, 0.3) is 83.1 Å². The SMILES string of the molecule is CC1(C)c2ccccc2-c2ccc(N(c3ccc(-c4cccc5nc(-c6ccccc6)oc45)cc3)c3ccc4c5ccc6ccccc6c5n(-c5ccccc5)c4c3)cc21. The van der Waals surface area contributed by atoms with Gasteiger partial charge in [0.1, 0.15) is 5.52 Å². The van der Waals surface area contributed by atoms with Crippen LogP contribution < -0.4 is 4.90 Å². The normalized spacial score (nSPS) is 13.0. The van der Waals surface area contributed by atoms with Gasteiger partial charge in [0, 0.05) is 55.5 Å². The molecule has 0 N–H and O–H groups in total. The Morgan fingerprint density at radius 1 is 0.483 bits per heavy atom. The standard InChI is InChI=1S/C56H39N3O/c1-56(2)49-22-12-11-20-45(49)46-32-29-41(34-50(46)56)58(40-27-24-37(25-28-40)44-21-13-23-51-54(44)60-55(57-51)38-15-5-3-6-16-38)42-30-33-47-48-31-26-36-14-9-10-19-43(36)53(48)59(52(47)35-42)39-17-7-4-8-18-39/h3-35H,1-2H3. The lowest BCUT2D eigenvalue weighted by atomic mass is 9.82. The van der Waals surface area contributed by atoms with Gasteiger partial charge in [-0.05, 0) is 99.9 Å². The van der Waals surface area contributed by atoms with E-state index in [1.54, 1.807) is 0 Å². The topological polar surface area (TPSA) is 34.2 Å². The minimum Gasteiger partial charge on any atom is -0.435 e. The summed E-state index contributed by atoms with van der Waals surface area (Å²) in [5, 5.41) is 4.93. The molecule has 0 bridgehead atoms. The van der Waals surface area contributed by atoms with Crippen LogP contribution in [0.4, 0.5) is 17.1 Å². The first-order valence-corrected chi connectivity index (χ1v) is 20.6. The highest BCUT2D eigenvalue weighted by Gasteiger charge is 2.36. The van der Waals surface area contributed by atoms with Crippen LogP contribution >= 0.6 is 0 Å². The fourth-order valence-electron chi connectivity index (χ4n) is 9.70. The third-order valence-corrected chi connectivity index (χ3v) is 12.6. The quantitative estimate of drug-likeness (QED) is 0.169. The Bertz CT molecular complexity index is 3450. The molecule has 9 aromatic carbocycles. The Morgan fingerprint density at radius 2 is 1.15 bits per heavy atom. The second-order valence-electron chi connectivity index (χ2n) is 16.4. The molecule has 0 saturated carbocycles. The highest BCUT2D eigenvalue weighted by atomic mass is 16.3. The van der Waals surface area contributed by atoms with Gasteiger partial charge in [0.2, 0.25) is 5.89 Å². The molecule has 11 aromatic rings. The van der Waals surface area contributed by atoms with Crippen molar-refractivity contribution in [2.24, 2.45) is 0 Å². The van der Waals surface area contributed by atoms with Crippen molar-refractivity contribution >= 4 is 60.7 Å². The third kappa shape index (κ3) is 5.20. The van der Waals surface area contributed by atoms with E-state index in [2.05, 4.69) is 187 Å². The minimum absolute atomic E-state index is 0.142. The zero-order valence-electron chi connectivity index (χ0n) is 33.3. The molecule has 0 radical (unpaired) electrons. The van der Waals surface area contributed by atoms with Crippen molar-refractivity contribution in [2.75, 3.05) is 4.90 Å². The maximum absolute atomic E-state index is 6.46. The van der Waals surface area contributed by atoms with Crippen molar-refractivity contribution in [1.29, 1.82) is 0 Å². The van der Waals surface area contributed by atoms with Crippen LogP contribution in [0, 0.1) is 0 Å². The minimum atomic E-state index is -0.142. The lowest BCUT2D eigenvalue weighted by Gasteiger charge is -2.28. The summed E-state index contributed by atoms with van der Waals surface area (Å²) < 4.78 is 8.91. The lowest BCUT2D eigenvalue weighted by Crippen LogP contribution is -2.16. The summed E-state index contributed by atoms with van der Waals surface area (Å²) in [5.41, 5.74) is 16.6. The molecule has 0 amide bonds. The highest BCUT2D eigenvalue weighted by Crippen LogP contribution is 2.51. The van der Waals surface area contributed by atoms with Crippen molar-refractivity contribution in [2.45, 2.75) is 19.3 Å². The lowest BCUT2D eigenvalue weighted by molar-refractivity contribution is 0.621. The van der Waals surface area contributed by atoms with E-state index in [4.69, 9.17) is 9.40 Å². The number of hydrogen-bond acceptors (Lipinski definition) is 3. The Kier molecular flexibility index (Phi) is 7.54. The molecule has 60 heavy (non-hydrogen) atoms.